The molecule has 2 rings (SSSR count). The summed E-state index contributed by atoms with van der Waals surface area (Å²) >= 11 is 0. The Kier molecular flexibility index (Phi) is 2.22. The van der Waals surface area contributed by atoms with Crippen LogP contribution in [-0.2, 0) is 13.5 Å². The number of aromatic nitrogens is 2. The molecule has 15 heavy (non-hydrogen) atoms. The Morgan fingerprint density at radius 1 is 1.47 bits per heavy atom. The van der Waals surface area contributed by atoms with E-state index in [-0.39, 0.29) is 12.0 Å². The van der Waals surface area contributed by atoms with Crippen LogP contribution in [0, 0.1) is 11.3 Å². The van der Waals surface area contributed by atoms with Crippen molar-refractivity contribution in [2.75, 3.05) is 0 Å². The van der Waals surface area contributed by atoms with Crippen molar-refractivity contribution in [2.45, 2.75) is 6.42 Å². The van der Waals surface area contributed by atoms with E-state index in [1.54, 1.807) is 7.05 Å². The van der Waals surface area contributed by atoms with Crippen LogP contribution < -0.4 is 5.56 Å². The quantitative estimate of drug-likeness (QED) is 0.688. The van der Waals surface area contributed by atoms with E-state index >= 15 is 0 Å². The van der Waals surface area contributed by atoms with E-state index in [0.29, 0.717) is 5.69 Å². The summed E-state index contributed by atoms with van der Waals surface area (Å²) in [6, 6.07) is 9.31. The third-order valence-electron chi connectivity index (χ3n) is 2.30. The maximum atomic E-state index is 11.7. The van der Waals surface area contributed by atoms with Crippen LogP contribution in [0.3, 0.4) is 0 Å². The molecular formula is C11H9N3O. The van der Waals surface area contributed by atoms with Gasteiger partial charge in [0.2, 0.25) is 0 Å². The van der Waals surface area contributed by atoms with Gasteiger partial charge in [-0.15, -0.1) is 0 Å². The summed E-state index contributed by atoms with van der Waals surface area (Å²) < 4.78 is 1.52. The van der Waals surface area contributed by atoms with E-state index < -0.39 is 0 Å². The fourth-order valence-corrected chi connectivity index (χ4v) is 1.53. The first kappa shape index (κ1) is 9.41. The fourth-order valence-electron chi connectivity index (χ4n) is 1.53. The van der Waals surface area contributed by atoms with E-state index in [9.17, 15) is 4.79 Å². The van der Waals surface area contributed by atoms with E-state index in [4.69, 9.17) is 5.26 Å². The molecule has 0 fully saturated rings. The lowest BCUT2D eigenvalue weighted by atomic mass is 10.2. The second kappa shape index (κ2) is 3.54. The number of rotatable bonds is 1. The number of aryl methyl sites for hydroxylation is 1. The topological polar surface area (TPSA) is 58.7 Å². The molecule has 0 amide bonds. The SMILES string of the molecule is Cn1c(=O)c(CC#N)nc2ccccc21. The van der Waals surface area contributed by atoms with Crippen molar-refractivity contribution in [2.24, 2.45) is 7.05 Å². The van der Waals surface area contributed by atoms with Gasteiger partial charge in [0.1, 0.15) is 5.69 Å². The van der Waals surface area contributed by atoms with Gasteiger partial charge in [0.15, 0.2) is 0 Å². The number of para-hydroxylation sites is 2. The standard InChI is InChI=1S/C11H9N3O/c1-14-10-5-3-2-4-8(10)13-9(6-7-12)11(14)15/h2-5H,6H2,1H3. The van der Waals surface area contributed by atoms with Gasteiger partial charge in [-0.3, -0.25) is 4.79 Å². The van der Waals surface area contributed by atoms with Crippen molar-refractivity contribution in [3.63, 3.8) is 0 Å². The molecule has 0 spiro atoms. The van der Waals surface area contributed by atoms with Crippen molar-refractivity contribution in [3.05, 3.63) is 40.3 Å². The summed E-state index contributed by atoms with van der Waals surface area (Å²) in [5.74, 6) is 0. The Balaban J connectivity index is 2.84. The van der Waals surface area contributed by atoms with Crippen LogP contribution in [0.15, 0.2) is 29.1 Å². The number of fused-ring (bicyclic) bond motifs is 1. The Labute approximate surface area is 86.4 Å². The number of benzene rings is 1. The zero-order valence-electron chi connectivity index (χ0n) is 8.27. The van der Waals surface area contributed by atoms with Crippen molar-refractivity contribution in [1.82, 2.24) is 9.55 Å². The van der Waals surface area contributed by atoms with Crippen molar-refractivity contribution in [3.8, 4) is 6.07 Å². The first-order chi connectivity index (χ1) is 7.24. The van der Waals surface area contributed by atoms with Crippen LogP contribution in [0.4, 0.5) is 0 Å². The zero-order valence-corrected chi connectivity index (χ0v) is 8.27. The van der Waals surface area contributed by atoms with Crippen LogP contribution in [-0.4, -0.2) is 9.55 Å². The monoisotopic (exact) mass is 199 g/mol. The maximum absolute atomic E-state index is 11.7. The molecule has 0 aliphatic rings. The van der Waals surface area contributed by atoms with Gasteiger partial charge in [0.25, 0.3) is 5.56 Å². The van der Waals surface area contributed by atoms with Gasteiger partial charge >= 0.3 is 0 Å². The van der Waals surface area contributed by atoms with E-state index in [1.165, 1.54) is 4.57 Å². The fraction of sp³-hybridized carbons (Fsp3) is 0.182. The van der Waals surface area contributed by atoms with Gasteiger partial charge in [-0.25, -0.2) is 4.98 Å². The molecule has 4 nitrogen and oxygen atoms in total. The highest BCUT2D eigenvalue weighted by Crippen LogP contribution is 2.08. The summed E-state index contributed by atoms with van der Waals surface area (Å²) in [5.41, 5.74) is 1.63. The molecular weight excluding hydrogens is 190 g/mol. The maximum Gasteiger partial charge on any atom is 0.273 e. The van der Waals surface area contributed by atoms with Gasteiger partial charge in [-0.1, -0.05) is 12.1 Å². The number of nitrogens with zero attached hydrogens (tertiary/aromatic N) is 3. The van der Waals surface area contributed by atoms with Gasteiger partial charge < -0.3 is 4.57 Å². The predicted octanol–water partition coefficient (Wildman–Crippen LogP) is 1.000. The molecule has 0 saturated carbocycles. The smallest absolute Gasteiger partial charge is 0.273 e. The molecule has 1 heterocycles. The third-order valence-corrected chi connectivity index (χ3v) is 2.30. The molecule has 0 saturated heterocycles. The number of nitriles is 1. The summed E-state index contributed by atoms with van der Waals surface area (Å²) in [4.78, 5) is 15.9. The van der Waals surface area contributed by atoms with Crippen molar-refractivity contribution >= 4 is 11.0 Å². The average Bonchev–Trinajstić information content (AvgIpc) is 2.26. The van der Waals surface area contributed by atoms with Crippen LogP contribution in [0.5, 0.6) is 0 Å². The molecule has 0 atom stereocenters. The minimum atomic E-state index is -0.199. The van der Waals surface area contributed by atoms with Crippen LogP contribution in [0.2, 0.25) is 0 Å². The molecule has 0 radical (unpaired) electrons. The molecule has 1 aromatic carbocycles. The Morgan fingerprint density at radius 3 is 2.93 bits per heavy atom. The second-order valence-corrected chi connectivity index (χ2v) is 3.25. The van der Waals surface area contributed by atoms with Gasteiger partial charge in [-0.05, 0) is 12.1 Å². The van der Waals surface area contributed by atoms with E-state index in [2.05, 4.69) is 4.98 Å². The summed E-state index contributed by atoms with van der Waals surface area (Å²) in [6.45, 7) is 0. The second-order valence-electron chi connectivity index (χ2n) is 3.25. The summed E-state index contributed by atoms with van der Waals surface area (Å²) in [7, 11) is 1.69. The summed E-state index contributed by atoms with van der Waals surface area (Å²) in [5, 5.41) is 8.57. The summed E-state index contributed by atoms with van der Waals surface area (Å²) in [6.07, 6.45) is 0.0531. The Morgan fingerprint density at radius 2 is 2.20 bits per heavy atom. The molecule has 4 heteroatoms. The largest absolute Gasteiger partial charge is 0.308 e. The predicted molar refractivity (Wildman–Crippen MR) is 56.3 cm³/mol. The highest BCUT2D eigenvalue weighted by atomic mass is 16.1. The van der Waals surface area contributed by atoms with Crippen LogP contribution in [0.1, 0.15) is 5.69 Å². The first-order valence-electron chi connectivity index (χ1n) is 4.55. The minimum absolute atomic E-state index is 0.0531. The van der Waals surface area contributed by atoms with Gasteiger partial charge in [0, 0.05) is 7.05 Å². The lowest BCUT2D eigenvalue weighted by molar-refractivity contribution is 0.861. The van der Waals surface area contributed by atoms with E-state index in [1.807, 2.05) is 30.3 Å². The number of hydrogen-bond donors (Lipinski definition) is 0. The highest BCUT2D eigenvalue weighted by molar-refractivity contribution is 5.74. The Hall–Kier alpha value is -2.15. The molecule has 0 aliphatic heterocycles. The average molecular weight is 199 g/mol. The lowest BCUT2D eigenvalue weighted by Crippen LogP contribution is -2.22. The lowest BCUT2D eigenvalue weighted by Gasteiger charge is -2.05. The molecule has 0 bridgehead atoms. The third kappa shape index (κ3) is 1.48. The van der Waals surface area contributed by atoms with Crippen LogP contribution in [0.25, 0.3) is 11.0 Å². The zero-order chi connectivity index (χ0) is 10.8. The van der Waals surface area contributed by atoms with Crippen molar-refractivity contribution in [1.29, 1.82) is 5.26 Å². The highest BCUT2D eigenvalue weighted by Gasteiger charge is 2.06. The van der Waals surface area contributed by atoms with Gasteiger partial charge in [-0.2, -0.15) is 5.26 Å². The Bertz CT molecular complexity index is 607. The molecule has 0 aliphatic carbocycles. The molecule has 0 unspecified atom stereocenters. The molecule has 2 aromatic rings. The molecule has 74 valence electrons. The van der Waals surface area contributed by atoms with Gasteiger partial charge in [0.05, 0.1) is 23.5 Å². The number of hydrogen-bond acceptors (Lipinski definition) is 3. The first-order valence-corrected chi connectivity index (χ1v) is 4.55. The minimum Gasteiger partial charge on any atom is -0.308 e. The normalized spacial score (nSPS) is 10.1. The molecule has 1 aromatic heterocycles. The van der Waals surface area contributed by atoms with E-state index in [0.717, 1.165) is 11.0 Å². The van der Waals surface area contributed by atoms with Crippen molar-refractivity contribution < 1.29 is 0 Å². The molecule has 0 N–H and O–H groups in total. The van der Waals surface area contributed by atoms with Crippen LogP contribution >= 0.6 is 0 Å².